The lowest BCUT2D eigenvalue weighted by Gasteiger charge is -2.21. The molecule has 2 N–H and O–H groups in total. The van der Waals surface area contributed by atoms with Gasteiger partial charge in [-0.2, -0.15) is 0 Å². The van der Waals surface area contributed by atoms with Gasteiger partial charge in [-0.15, -0.1) is 11.6 Å². The SMILES string of the molecule is O=C(CCCCl)Nc1cccc2c1NCCC2. The normalized spacial score (nSPS) is 13.7. The number of hydrogen-bond donors (Lipinski definition) is 2. The highest BCUT2D eigenvalue weighted by Gasteiger charge is 2.13. The molecule has 2 rings (SSSR count). The first-order valence-corrected chi connectivity index (χ1v) is 6.56. The van der Waals surface area contributed by atoms with Crippen molar-refractivity contribution in [3.8, 4) is 0 Å². The lowest BCUT2D eigenvalue weighted by molar-refractivity contribution is -0.116. The van der Waals surface area contributed by atoms with Crippen molar-refractivity contribution in [2.45, 2.75) is 25.7 Å². The van der Waals surface area contributed by atoms with E-state index in [0.717, 1.165) is 37.2 Å². The molecule has 1 aromatic rings. The highest BCUT2D eigenvalue weighted by atomic mass is 35.5. The Morgan fingerprint density at radius 3 is 3.18 bits per heavy atom. The van der Waals surface area contributed by atoms with Crippen molar-refractivity contribution in [1.82, 2.24) is 0 Å². The summed E-state index contributed by atoms with van der Waals surface area (Å²) in [5, 5.41) is 6.30. The smallest absolute Gasteiger partial charge is 0.224 e. The van der Waals surface area contributed by atoms with E-state index in [-0.39, 0.29) is 5.91 Å². The third-order valence-electron chi connectivity index (χ3n) is 2.89. The second kappa shape index (κ2) is 5.92. The number of fused-ring (bicyclic) bond motifs is 1. The van der Waals surface area contributed by atoms with E-state index in [1.54, 1.807) is 0 Å². The van der Waals surface area contributed by atoms with Gasteiger partial charge < -0.3 is 10.6 Å². The van der Waals surface area contributed by atoms with Crippen LogP contribution in [0.1, 0.15) is 24.8 Å². The van der Waals surface area contributed by atoms with Gasteiger partial charge in [0.15, 0.2) is 0 Å². The van der Waals surface area contributed by atoms with Crippen LogP contribution in [0.5, 0.6) is 0 Å². The summed E-state index contributed by atoms with van der Waals surface area (Å²) in [6.45, 7) is 0.974. The summed E-state index contributed by atoms with van der Waals surface area (Å²) in [6, 6.07) is 6.04. The average molecular weight is 253 g/mol. The fourth-order valence-corrected chi connectivity index (χ4v) is 2.19. The number of carbonyl (C=O) groups is 1. The van der Waals surface area contributed by atoms with Gasteiger partial charge in [0.05, 0.1) is 11.4 Å². The van der Waals surface area contributed by atoms with Crippen LogP contribution in [-0.4, -0.2) is 18.3 Å². The molecule has 1 aliphatic rings. The molecule has 0 bridgehead atoms. The molecule has 4 heteroatoms. The minimum Gasteiger partial charge on any atom is -0.383 e. The molecule has 0 spiro atoms. The van der Waals surface area contributed by atoms with Gasteiger partial charge in [-0.1, -0.05) is 12.1 Å². The number of amides is 1. The van der Waals surface area contributed by atoms with Crippen molar-refractivity contribution < 1.29 is 4.79 Å². The Morgan fingerprint density at radius 2 is 2.35 bits per heavy atom. The lowest BCUT2D eigenvalue weighted by atomic mass is 10.0. The quantitative estimate of drug-likeness (QED) is 0.809. The Labute approximate surface area is 107 Å². The highest BCUT2D eigenvalue weighted by Crippen LogP contribution is 2.30. The predicted molar refractivity (Wildman–Crippen MR) is 71.8 cm³/mol. The van der Waals surface area contributed by atoms with E-state index >= 15 is 0 Å². The van der Waals surface area contributed by atoms with Crippen LogP contribution >= 0.6 is 11.6 Å². The second-order valence-corrected chi connectivity index (χ2v) is 4.59. The van der Waals surface area contributed by atoms with Crippen LogP contribution in [0.4, 0.5) is 11.4 Å². The minimum absolute atomic E-state index is 0.0337. The summed E-state index contributed by atoms with van der Waals surface area (Å²) in [4.78, 5) is 11.7. The molecule has 1 amide bonds. The molecule has 0 saturated heterocycles. The van der Waals surface area contributed by atoms with Crippen LogP contribution in [0.3, 0.4) is 0 Å². The number of benzene rings is 1. The number of carbonyl (C=O) groups excluding carboxylic acids is 1. The zero-order chi connectivity index (χ0) is 12.1. The number of rotatable bonds is 4. The fraction of sp³-hybridized carbons (Fsp3) is 0.462. The Bertz CT molecular complexity index is 406. The van der Waals surface area contributed by atoms with Gasteiger partial charge in [0.25, 0.3) is 0 Å². The summed E-state index contributed by atoms with van der Waals surface area (Å²) in [7, 11) is 0. The zero-order valence-corrected chi connectivity index (χ0v) is 10.5. The Balaban J connectivity index is 2.08. The third kappa shape index (κ3) is 3.13. The van der Waals surface area contributed by atoms with Crippen molar-refractivity contribution in [3.63, 3.8) is 0 Å². The first-order valence-electron chi connectivity index (χ1n) is 6.03. The van der Waals surface area contributed by atoms with E-state index in [9.17, 15) is 4.79 Å². The molecule has 0 aromatic heterocycles. The van der Waals surface area contributed by atoms with Crippen molar-refractivity contribution in [2.75, 3.05) is 23.1 Å². The Morgan fingerprint density at radius 1 is 1.47 bits per heavy atom. The molecule has 92 valence electrons. The van der Waals surface area contributed by atoms with E-state index in [2.05, 4.69) is 16.7 Å². The van der Waals surface area contributed by atoms with Crippen LogP contribution in [0.2, 0.25) is 0 Å². The van der Waals surface area contributed by atoms with E-state index in [4.69, 9.17) is 11.6 Å². The van der Waals surface area contributed by atoms with Crippen LogP contribution in [0.15, 0.2) is 18.2 Å². The molecule has 0 aliphatic carbocycles. The molecule has 0 fully saturated rings. The molecular weight excluding hydrogens is 236 g/mol. The maximum atomic E-state index is 11.7. The molecule has 0 unspecified atom stereocenters. The average Bonchev–Trinajstić information content (AvgIpc) is 2.37. The molecule has 3 nitrogen and oxygen atoms in total. The predicted octanol–water partition coefficient (Wildman–Crippen LogP) is 3.00. The van der Waals surface area contributed by atoms with Gasteiger partial charge in [-0.05, 0) is 30.9 Å². The number of hydrogen-bond acceptors (Lipinski definition) is 2. The topological polar surface area (TPSA) is 41.1 Å². The first kappa shape index (κ1) is 12.2. The number of halogens is 1. The van der Waals surface area contributed by atoms with Crippen molar-refractivity contribution >= 4 is 28.9 Å². The summed E-state index contributed by atoms with van der Waals surface area (Å²) in [5.74, 6) is 0.560. The maximum absolute atomic E-state index is 11.7. The van der Waals surface area contributed by atoms with Gasteiger partial charge in [-0.3, -0.25) is 4.79 Å². The van der Waals surface area contributed by atoms with E-state index < -0.39 is 0 Å². The fourth-order valence-electron chi connectivity index (χ4n) is 2.05. The van der Waals surface area contributed by atoms with Crippen LogP contribution in [0.25, 0.3) is 0 Å². The molecule has 0 saturated carbocycles. The molecule has 17 heavy (non-hydrogen) atoms. The number of para-hydroxylation sites is 1. The number of alkyl halides is 1. The summed E-state index contributed by atoms with van der Waals surface area (Å²) in [6.07, 6.45) is 3.42. The van der Waals surface area contributed by atoms with Crippen LogP contribution in [0, 0.1) is 0 Å². The second-order valence-electron chi connectivity index (χ2n) is 4.21. The number of nitrogens with one attached hydrogen (secondary N) is 2. The van der Waals surface area contributed by atoms with Crippen molar-refractivity contribution in [3.05, 3.63) is 23.8 Å². The van der Waals surface area contributed by atoms with Crippen LogP contribution < -0.4 is 10.6 Å². The van der Waals surface area contributed by atoms with E-state index in [0.29, 0.717) is 12.3 Å². The van der Waals surface area contributed by atoms with Crippen molar-refractivity contribution in [1.29, 1.82) is 0 Å². The summed E-state index contributed by atoms with van der Waals surface area (Å²) < 4.78 is 0. The standard InChI is InChI=1S/C13H17ClN2O/c14-8-2-7-12(17)16-11-6-1-4-10-5-3-9-15-13(10)11/h1,4,6,15H,2-3,5,7-9H2,(H,16,17). The molecular formula is C13H17ClN2O. The van der Waals surface area contributed by atoms with E-state index in [1.807, 2.05) is 12.1 Å². The van der Waals surface area contributed by atoms with Gasteiger partial charge in [0.2, 0.25) is 5.91 Å². The molecule has 0 radical (unpaired) electrons. The largest absolute Gasteiger partial charge is 0.383 e. The molecule has 1 aliphatic heterocycles. The monoisotopic (exact) mass is 252 g/mol. The third-order valence-corrected chi connectivity index (χ3v) is 3.15. The molecule has 1 heterocycles. The number of aryl methyl sites for hydroxylation is 1. The van der Waals surface area contributed by atoms with Crippen LogP contribution in [-0.2, 0) is 11.2 Å². The molecule has 1 aromatic carbocycles. The Kier molecular flexibility index (Phi) is 4.26. The Hall–Kier alpha value is -1.22. The lowest BCUT2D eigenvalue weighted by Crippen LogP contribution is -2.17. The number of anilines is 2. The summed E-state index contributed by atoms with van der Waals surface area (Å²) >= 11 is 5.57. The minimum atomic E-state index is 0.0337. The van der Waals surface area contributed by atoms with Crippen molar-refractivity contribution in [2.24, 2.45) is 0 Å². The van der Waals surface area contributed by atoms with Gasteiger partial charge >= 0.3 is 0 Å². The van der Waals surface area contributed by atoms with E-state index in [1.165, 1.54) is 5.56 Å². The highest BCUT2D eigenvalue weighted by molar-refractivity contribution is 6.18. The van der Waals surface area contributed by atoms with Gasteiger partial charge in [-0.25, -0.2) is 0 Å². The van der Waals surface area contributed by atoms with Gasteiger partial charge in [0.1, 0.15) is 0 Å². The zero-order valence-electron chi connectivity index (χ0n) is 9.76. The van der Waals surface area contributed by atoms with Gasteiger partial charge in [0, 0.05) is 18.8 Å². The summed E-state index contributed by atoms with van der Waals surface area (Å²) in [5.41, 5.74) is 3.26. The molecule has 0 atom stereocenters. The first-order chi connectivity index (χ1) is 8.31. The maximum Gasteiger partial charge on any atom is 0.224 e.